The highest BCUT2D eigenvalue weighted by Crippen LogP contribution is 2.43. The van der Waals surface area contributed by atoms with Crippen molar-refractivity contribution >= 4 is 45.1 Å². The zero-order chi connectivity index (χ0) is 32.2. The number of hydrogen-bond acceptors (Lipinski definition) is 8. The molecule has 6 rings (SSSR count). The number of likely N-dealkylation sites (N-methyl/N-ethyl adjacent to an activating group) is 1. The number of methoxy groups -OCH3 is 1. The number of anilines is 1. The van der Waals surface area contributed by atoms with Gasteiger partial charge in [0.2, 0.25) is 5.91 Å². The lowest BCUT2D eigenvalue weighted by Crippen LogP contribution is -2.58. The second kappa shape index (κ2) is 12.2. The summed E-state index contributed by atoms with van der Waals surface area (Å²) in [6.45, 7) is 11.6. The minimum atomic E-state index is -0.554. The summed E-state index contributed by atoms with van der Waals surface area (Å²) in [5.74, 6) is -0.169. The number of benzene rings is 2. The van der Waals surface area contributed by atoms with Gasteiger partial charge >= 0.3 is 6.01 Å². The van der Waals surface area contributed by atoms with E-state index < -0.39 is 5.82 Å². The van der Waals surface area contributed by atoms with Gasteiger partial charge in [0, 0.05) is 73.8 Å². The van der Waals surface area contributed by atoms with E-state index in [1.807, 2.05) is 47.0 Å². The summed E-state index contributed by atoms with van der Waals surface area (Å²) in [6, 6.07) is 5.57. The molecule has 2 aliphatic heterocycles. The summed E-state index contributed by atoms with van der Waals surface area (Å²) in [5.41, 5.74) is 2.68. The van der Waals surface area contributed by atoms with Crippen molar-refractivity contribution in [1.29, 1.82) is 0 Å². The quantitative estimate of drug-likeness (QED) is 0.263. The van der Waals surface area contributed by atoms with Crippen molar-refractivity contribution in [2.75, 3.05) is 45.3 Å². The number of aryl methyl sites for hydroxylation is 2. The zero-order valence-corrected chi connectivity index (χ0v) is 27.3. The maximum atomic E-state index is 17.0. The Morgan fingerprint density at radius 1 is 1.16 bits per heavy atom. The van der Waals surface area contributed by atoms with E-state index in [9.17, 15) is 4.79 Å². The fraction of sp³-hybridized carbons (Fsp3) is 0.455. The molecule has 4 atom stereocenters. The van der Waals surface area contributed by atoms with Gasteiger partial charge in [-0.2, -0.15) is 15.1 Å². The highest BCUT2D eigenvalue weighted by molar-refractivity contribution is 6.35. The number of piperazine rings is 1. The van der Waals surface area contributed by atoms with Gasteiger partial charge in [-0.3, -0.25) is 14.4 Å². The number of amides is 1. The second-order valence-corrected chi connectivity index (χ2v) is 12.7. The van der Waals surface area contributed by atoms with E-state index in [2.05, 4.69) is 26.5 Å². The first-order valence-electron chi connectivity index (χ1n) is 15.2. The molecule has 238 valence electrons. The topological polar surface area (TPSA) is 88.8 Å². The molecule has 0 unspecified atom stereocenters. The number of fused-ring (bicyclic) bond motifs is 2. The zero-order valence-electron chi connectivity index (χ0n) is 26.5. The molecule has 0 radical (unpaired) electrons. The molecule has 45 heavy (non-hydrogen) atoms. The van der Waals surface area contributed by atoms with Crippen molar-refractivity contribution in [1.82, 2.24) is 29.5 Å². The molecule has 1 amide bonds. The van der Waals surface area contributed by atoms with Gasteiger partial charge in [-0.05, 0) is 51.9 Å². The third kappa shape index (κ3) is 5.51. The lowest BCUT2D eigenvalue weighted by Gasteiger charge is -2.44. The number of halogens is 2. The minimum absolute atomic E-state index is 0.0823. The Bertz CT molecular complexity index is 1800. The Hall–Kier alpha value is -3.80. The molecule has 2 aliphatic rings. The molecule has 0 saturated carbocycles. The Labute approximate surface area is 267 Å². The molecule has 2 fully saturated rings. The lowest BCUT2D eigenvalue weighted by atomic mass is 9.96. The van der Waals surface area contributed by atoms with Crippen LogP contribution in [0.15, 0.2) is 37.1 Å². The number of aromatic nitrogens is 4. The molecule has 4 aromatic rings. The molecule has 2 saturated heterocycles. The number of hydrogen-bond donors (Lipinski definition) is 0. The van der Waals surface area contributed by atoms with Crippen LogP contribution in [-0.4, -0.2) is 100 Å². The predicted octanol–water partition coefficient (Wildman–Crippen LogP) is 4.99. The van der Waals surface area contributed by atoms with Crippen LogP contribution in [0.5, 0.6) is 6.01 Å². The number of carbonyl (C=O) groups is 1. The SMILES string of the molecule is C=CC(=O)N1C[C@H](C)N(c2nc(OC[C@@H]3C[C@H](OC)CN3C)nc3c(F)c(-c4c(C)ccc5cnn(C)c45)c(Cl)cc23)C[C@H]1C. The Balaban J connectivity index is 1.50. The summed E-state index contributed by atoms with van der Waals surface area (Å²) in [5, 5.41) is 6.01. The Morgan fingerprint density at radius 3 is 2.64 bits per heavy atom. The van der Waals surface area contributed by atoms with E-state index in [-0.39, 0.29) is 52.2 Å². The third-order valence-electron chi connectivity index (χ3n) is 9.31. The van der Waals surface area contributed by atoms with Crippen LogP contribution in [0, 0.1) is 12.7 Å². The van der Waals surface area contributed by atoms with Crippen LogP contribution < -0.4 is 9.64 Å². The largest absolute Gasteiger partial charge is 0.462 e. The lowest BCUT2D eigenvalue weighted by molar-refractivity contribution is -0.128. The molecule has 0 N–H and O–H groups in total. The van der Waals surface area contributed by atoms with Crippen LogP contribution in [0.4, 0.5) is 10.2 Å². The average Bonchev–Trinajstić information content (AvgIpc) is 3.58. The van der Waals surface area contributed by atoms with Crippen molar-refractivity contribution in [3.8, 4) is 17.1 Å². The summed E-state index contributed by atoms with van der Waals surface area (Å²) >= 11 is 6.97. The summed E-state index contributed by atoms with van der Waals surface area (Å²) in [6.07, 6.45) is 4.02. The molecular formula is C33H39ClFN7O3. The number of ether oxygens (including phenoxy) is 2. The molecule has 10 nitrogen and oxygen atoms in total. The van der Waals surface area contributed by atoms with Gasteiger partial charge in [0.1, 0.15) is 17.9 Å². The number of rotatable bonds is 7. The van der Waals surface area contributed by atoms with Crippen LogP contribution in [0.3, 0.4) is 0 Å². The fourth-order valence-corrected chi connectivity index (χ4v) is 7.05. The van der Waals surface area contributed by atoms with Crippen LogP contribution in [0.2, 0.25) is 5.02 Å². The van der Waals surface area contributed by atoms with E-state index in [0.717, 1.165) is 29.4 Å². The Morgan fingerprint density at radius 2 is 1.93 bits per heavy atom. The van der Waals surface area contributed by atoms with Gasteiger partial charge < -0.3 is 19.3 Å². The number of nitrogens with zero attached hydrogens (tertiary/aromatic N) is 7. The number of carbonyl (C=O) groups excluding carboxylic acids is 1. The van der Waals surface area contributed by atoms with Crippen LogP contribution >= 0.6 is 11.6 Å². The normalized spacial score (nSPS) is 22.5. The molecule has 0 aliphatic carbocycles. The first-order chi connectivity index (χ1) is 21.5. The average molecular weight is 636 g/mol. The number of likely N-dealkylation sites (tertiary alicyclic amines) is 1. The minimum Gasteiger partial charge on any atom is -0.462 e. The molecule has 2 aromatic heterocycles. The van der Waals surface area contributed by atoms with Crippen LogP contribution in [0.25, 0.3) is 32.9 Å². The highest BCUT2D eigenvalue weighted by atomic mass is 35.5. The third-order valence-corrected chi connectivity index (χ3v) is 9.61. The van der Waals surface area contributed by atoms with Gasteiger partial charge in [0.25, 0.3) is 0 Å². The smallest absolute Gasteiger partial charge is 0.319 e. The van der Waals surface area contributed by atoms with Gasteiger partial charge in [-0.15, -0.1) is 0 Å². The van der Waals surface area contributed by atoms with Crippen LogP contribution in [0.1, 0.15) is 25.8 Å². The fourth-order valence-electron chi connectivity index (χ4n) is 6.77. The van der Waals surface area contributed by atoms with Gasteiger partial charge in [-0.1, -0.05) is 30.3 Å². The standard InChI is InChI=1S/C33H39ClFN7O3/c1-8-26(43)41-14-20(4)42(15-19(41)3)32-24-12-25(34)28(27-18(2)9-10-21-13-36-40(6)31(21)27)29(35)30(24)37-33(38-32)45-17-22-11-23(44-7)16-39(22)5/h8-10,12-13,19-20,22-23H,1,11,14-17H2,2-7H3/t19-,20+,22+,23+/m1/s1. The first kappa shape index (κ1) is 31.2. The van der Waals surface area contributed by atoms with Gasteiger partial charge in [0.05, 0.1) is 22.8 Å². The summed E-state index contributed by atoms with van der Waals surface area (Å²) < 4.78 is 30.5. The second-order valence-electron chi connectivity index (χ2n) is 12.3. The first-order valence-corrected chi connectivity index (χ1v) is 15.6. The van der Waals surface area contributed by atoms with Crippen molar-refractivity contribution in [2.45, 2.75) is 51.4 Å². The monoisotopic (exact) mass is 635 g/mol. The van der Waals surface area contributed by atoms with Crippen molar-refractivity contribution < 1.29 is 18.7 Å². The van der Waals surface area contributed by atoms with Crippen molar-refractivity contribution in [3.63, 3.8) is 0 Å². The molecular weight excluding hydrogens is 597 g/mol. The van der Waals surface area contributed by atoms with E-state index in [1.54, 1.807) is 29.0 Å². The van der Waals surface area contributed by atoms with Crippen molar-refractivity contribution in [3.05, 3.63) is 53.5 Å². The van der Waals surface area contributed by atoms with Gasteiger partial charge in [-0.25, -0.2) is 4.39 Å². The van der Waals surface area contributed by atoms with Crippen molar-refractivity contribution in [2.24, 2.45) is 7.05 Å². The Kier molecular flexibility index (Phi) is 8.45. The molecule has 2 aromatic carbocycles. The van der Waals surface area contributed by atoms with Gasteiger partial charge in [0.15, 0.2) is 5.82 Å². The van der Waals surface area contributed by atoms with Crippen LogP contribution in [-0.2, 0) is 16.6 Å². The predicted molar refractivity (Wildman–Crippen MR) is 174 cm³/mol. The molecule has 4 heterocycles. The van der Waals surface area contributed by atoms with E-state index in [1.165, 1.54) is 6.08 Å². The maximum absolute atomic E-state index is 17.0. The van der Waals surface area contributed by atoms with E-state index in [4.69, 9.17) is 26.1 Å². The molecule has 0 bridgehead atoms. The highest BCUT2D eigenvalue weighted by Gasteiger charge is 2.35. The van der Waals surface area contributed by atoms with E-state index >= 15 is 4.39 Å². The maximum Gasteiger partial charge on any atom is 0.319 e. The summed E-state index contributed by atoms with van der Waals surface area (Å²) in [4.78, 5) is 28.1. The molecule has 0 spiro atoms. The summed E-state index contributed by atoms with van der Waals surface area (Å²) in [7, 11) is 5.57. The molecule has 12 heteroatoms. The van der Waals surface area contributed by atoms with E-state index in [0.29, 0.717) is 36.5 Å².